The van der Waals surface area contributed by atoms with Gasteiger partial charge in [0.15, 0.2) is 0 Å². The van der Waals surface area contributed by atoms with Crippen LogP contribution < -0.4 is 10.1 Å². The van der Waals surface area contributed by atoms with E-state index in [-0.39, 0.29) is 12.3 Å². The van der Waals surface area contributed by atoms with E-state index < -0.39 is 0 Å². The molecule has 6 nitrogen and oxygen atoms in total. The molecule has 0 fully saturated rings. The van der Waals surface area contributed by atoms with Crippen LogP contribution >= 0.6 is 23.2 Å². The van der Waals surface area contributed by atoms with E-state index in [9.17, 15) is 4.79 Å². The van der Waals surface area contributed by atoms with Gasteiger partial charge in [-0.15, -0.1) is 0 Å². The first kappa shape index (κ1) is 21.1. The first-order chi connectivity index (χ1) is 14.1. The quantitative estimate of drug-likeness (QED) is 0.527. The van der Waals surface area contributed by atoms with Crippen LogP contribution in [-0.4, -0.2) is 29.2 Å². The van der Waals surface area contributed by atoms with E-state index in [1.165, 1.54) is 0 Å². The molecule has 0 radical (unpaired) electrons. The van der Waals surface area contributed by atoms with Gasteiger partial charge in [-0.2, -0.15) is 4.98 Å². The molecule has 0 aliphatic rings. The standard InChI is InChI=1S/C21H21Cl2N3O3/c1-2-28-16-8-6-15(7-9-16)21-25-19(29-26-21)11-10-18(27)24-13-12-14-4-3-5-17(22)20(14)23/h3-9H,2,10-13H2,1H3,(H,24,27). The van der Waals surface area contributed by atoms with Crippen LogP contribution in [-0.2, 0) is 17.6 Å². The summed E-state index contributed by atoms with van der Waals surface area (Å²) in [4.78, 5) is 16.4. The topological polar surface area (TPSA) is 77.2 Å². The predicted octanol–water partition coefficient (Wildman–Crippen LogP) is 4.73. The highest BCUT2D eigenvalue weighted by Gasteiger charge is 2.11. The Labute approximate surface area is 179 Å². The van der Waals surface area contributed by atoms with Crippen molar-refractivity contribution in [2.24, 2.45) is 0 Å². The maximum atomic E-state index is 12.1. The molecule has 3 rings (SSSR count). The van der Waals surface area contributed by atoms with Crippen LogP contribution in [0.3, 0.4) is 0 Å². The van der Waals surface area contributed by atoms with Crippen LogP contribution in [0.25, 0.3) is 11.4 Å². The lowest BCUT2D eigenvalue weighted by Crippen LogP contribution is -2.26. The summed E-state index contributed by atoms with van der Waals surface area (Å²) in [5.41, 5.74) is 1.72. The molecule has 0 unspecified atom stereocenters. The molecule has 1 amide bonds. The zero-order valence-electron chi connectivity index (χ0n) is 16.0. The first-order valence-electron chi connectivity index (χ1n) is 9.32. The molecule has 0 saturated heterocycles. The Morgan fingerprint density at radius 3 is 2.69 bits per heavy atom. The van der Waals surface area contributed by atoms with Crippen molar-refractivity contribution in [1.82, 2.24) is 15.5 Å². The molecule has 0 spiro atoms. The molecule has 3 aromatic rings. The van der Waals surface area contributed by atoms with Gasteiger partial charge >= 0.3 is 0 Å². The number of aryl methyl sites for hydroxylation is 1. The molecule has 0 aliphatic carbocycles. The number of nitrogens with zero attached hydrogens (tertiary/aromatic N) is 2. The van der Waals surface area contributed by atoms with Gasteiger partial charge in [0.2, 0.25) is 17.6 Å². The summed E-state index contributed by atoms with van der Waals surface area (Å²) in [6.45, 7) is 3.02. The minimum atomic E-state index is -0.0935. The van der Waals surface area contributed by atoms with Crippen LogP contribution in [0.2, 0.25) is 10.0 Å². The molecule has 8 heteroatoms. The van der Waals surface area contributed by atoms with Crippen molar-refractivity contribution in [1.29, 1.82) is 0 Å². The minimum absolute atomic E-state index is 0.0935. The van der Waals surface area contributed by atoms with E-state index in [0.717, 1.165) is 16.9 Å². The molecule has 1 heterocycles. The molecular weight excluding hydrogens is 413 g/mol. The lowest BCUT2D eigenvalue weighted by atomic mass is 10.1. The maximum Gasteiger partial charge on any atom is 0.227 e. The Hall–Kier alpha value is -2.57. The number of hydrogen-bond acceptors (Lipinski definition) is 5. The van der Waals surface area contributed by atoms with Gasteiger partial charge in [-0.25, -0.2) is 0 Å². The zero-order chi connectivity index (χ0) is 20.6. The van der Waals surface area contributed by atoms with Gasteiger partial charge in [-0.1, -0.05) is 40.5 Å². The maximum absolute atomic E-state index is 12.1. The Bertz CT molecular complexity index is 958. The van der Waals surface area contributed by atoms with E-state index in [1.807, 2.05) is 43.3 Å². The lowest BCUT2D eigenvalue weighted by molar-refractivity contribution is -0.121. The van der Waals surface area contributed by atoms with E-state index in [2.05, 4.69) is 15.5 Å². The summed E-state index contributed by atoms with van der Waals surface area (Å²) >= 11 is 12.1. The second kappa shape index (κ2) is 10.3. The summed E-state index contributed by atoms with van der Waals surface area (Å²) < 4.78 is 10.7. The Kier molecular flexibility index (Phi) is 7.49. The average Bonchev–Trinajstić information content (AvgIpc) is 3.19. The number of amides is 1. The van der Waals surface area contributed by atoms with Crippen molar-refractivity contribution in [2.75, 3.05) is 13.2 Å². The van der Waals surface area contributed by atoms with Crippen molar-refractivity contribution >= 4 is 29.1 Å². The van der Waals surface area contributed by atoms with Gasteiger partial charge < -0.3 is 14.6 Å². The molecule has 29 heavy (non-hydrogen) atoms. The number of rotatable bonds is 9. The molecule has 0 aliphatic heterocycles. The summed E-state index contributed by atoms with van der Waals surface area (Å²) in [5.74, 6) is 1.60. The van der Waals surface area contributed by atoms with Gasteiger partial charge in [0.25, 0.3) is 0 Å². The second-order valence-electron chi connectivity index (χ2n) is 6.28. The summed E-state index contributed by atoms with van der Waals surface area (Å²) in [6, 6.07) is 12.9. The van der Waals surface area contributed by atoms with Crippen molar-refractivity contribution in [2.45, 2.75) is 26.2 Å². The SMILES string of the molecule is CCOc1ccc(-c2noc(CCC(=O)NCCc3cccc(Cl)c3Cl)n2)cc1. The predicted molar refractivity (Wildman–Crippen MR) is 112 cm³/mol. The number of aromatic nitrogens is 2. The van der Waals surface area contributed by atoms with Gasteiger partial charge in [0, 0.05) is 24.9 Å². The molecule has 0 saturated carbocycles. The third kappa shape index (κ3) is 5.95. The molecule has 0 bridgehead atoms. The van der Waals surface area contributed by atoms with E-state index >= 15 is 0 Å². The first-order valence-corrected chi connectivity index (χ1v) is 10.1. The van der Waals surface area contributed by atoms with Crippen LogP contribution in [0.5, 0.6) is 5.75 Å². The third-order valence-corrected chi connectivity index (χ3v) is 5.06. The normalized spacial score (nSPS) is 10.7. The van der Waals surface area contributed by atoms with Crippen molar-refractivity contribution < 1.29 is 14.1 Å². The summed E-state index contributed by atoms with van der Waals surface area (Å²) in [7, 11) is 0. The van der Waals surface area contributed by atoms with Gasteiger partial charge in [0.05, 0.1) is 16.7 Å². The monoisotopic (exact) mass is 433 g/mol. The molecule has 152 valence electrons. The largest absolute Gasteiger partial charge is 0.494 e. The number of nitrogens with one attached hydrogen (secondary N) is 1. The number of ether oxygens (including phenoxy) is 1. The fourth-order valence-corrected chi connectivity index (χ4v) is 3.14. The highest BCUT2D eigenvalue weighted by atomic mass is 35.5. The van der Waals surface area contributed by atoms with Crippen molar-refractivity contribution in [3.63, 3.8) is 0 Å². The molecule has 1 aromatic heterocycles. The fourth-order valence-electron chi connectivity index (χ4n) is 2.73. The molecule has 0 atom stereocenters. The fraction of sp³-hybridized carbons (Fsp3) is 0.286. The minimum Gasteiger partial charge on any atom is -0.494 e. The van der Waals surface area contributed by atoms with E-state index in [0.29, 0.717) is 47.8 Å². The van der Waals surface area contributed by atoms with Crippen molar-refractivity contribution in [3.05, 3.63) is 64.0 Å². The van der Waals surface area contributed by atoms with Gasteiger partial charge in [-0.05, 0) is 49.2 Å². The van der Waals surface area contributed by atoms with Crippen LogP contribution in [0, 0.1) is 0 Å². The van der Waals surface area contributed by atoms with Crippen LogP contribution in [0.4, 0.5) is 0 Å². The number of hydrogen-bond donors (Lipinski definition) is 1. The highest BCUT2D eigenvalue weighted by Crippen LogP contribution is 2.25. The highest BCUT2D eigenvalue weighted by molar-refractivity contribution is 6.42. The smallest absolute Gasteiger partial charge is 0.227 e. The van der Waals surface area contributed by atoms with E-state index in [1.54, 1.807) is 6.07 Å². The summed E-state index contributed by atoms with van der Waals surface area (Å²) in [6.07, 6.45) is 1.23. The molecular formula is C21H21Cl2N3O3. The van der Waals surface area contributed by atoms with Gasteiger partial charge in [0.1, 0.15) is 5.75 Å². The average molecular weight is 434 g/mol. The molecule has 2 aromatic carbocycles. The number of halogens is 2. The van der Waals surface area contributed by atoms with Crippen molar-refractivity contribution in [3.8, 4) is 17.1 Å². The van der Waals surface area contributed by atoms with Gasteiger partial charge in [-0.3, -0.25) is 4.79 Å². The Balaban J connectivity index is 1.45. The van der Waals surface area contributed by atoms with E-state index in [4.69, 9.17) is 32.5 Å². The number of benzene rings is 2. The summed E-state index contributed by atoms with van der Waals surface area (Å²) in [5, 5.41) is 7.87. The van der Waals surface area contributed by atoms with Crippen LogP contribution in [0.1, 0.15) is 24.8 Å². The number of carbonyl (C=O) groups excluding carboxylic acids is 1. The third-order valence-electron chi connectivity index (χ3n) is 4.21. The molecule has 1 N–H and O–H groups in total. The zero-order valence-corrected chi connectivity index (χ0v) is 17.5. The Morgan fingerprint density at radius 1 is 1.14 bits per heavy atom. The number of carbonyl (C=O) groups is 1. The Morgan fingerprint density at radius 2 is 1.93 bits per heavy atom. The van der Waals surface area contributed by atoms with Crippen LogP contribution in [0.15, 0.2) is 47.0 Å². The lowest BCUT2D eigenvalue weighted by Gasteiger charge is -2.07. The second-order valence-corrected chi connectivity index (χ2v) is 7.07.